The molecule has 0 unspecified atom stereocenters. The Morgan fingerprint density at radius 2 is 2.08 bits per heavy atom. The first-order valence-corrected chi connectivity index (χ1v) is 8.57. The zero-order valence-electron chi connectivity index (χ0n) is 14.9. The molecule has 0 saturated heterocycles. The van der Waals surface area contributed by atoms with Crippen LogP contribution in [0.3, 0.4) is 0 Å². The van der Waals surface area contributed by atoms with Gasteiger partial charge in [0.2, 0.25) is 5.95 Å². The van der Waals surface area contributed by atoms with E-state index in [1.165, 1.54) is 0 Å². The zero-order valence-corrected chi connectivity index (χ0v) is 14.9. The number of anilines is 1. The third-order valence-corrected chi connectivity index (χ3v) is 4.30. The number of rotatable bonds is 5. The number of carbonyl (C=O) groups excluding carboxylic acids is 1. The van der Waals surface area contributed by atoms with Crippen molar-refractivity contribution in [1.29, 1.82) is 0 Å². The van der Waals surface area contributed by atoms with Crippen LogP contribution in [0.15, 0.2) is 28.9 Å². The van der Waals surface area contributed by atoms with Crippen molar-refractivity contribution in [2.45, 2.75) is 39.7 Å². The number of urea groups is 1. The van der Waals surface area contributed by atoms with Crippen LogP contribution in [0.1, 0.15) is 43.4 Å². The van der Waals surface area contributed by atoms with E-state index in [0.717, 1.165) is 29.9 Å². The SMILES string of the molecule is Cc1cc2c(o1)CC(C)(C)C[C@@H]2NC(=O)NCCNc1ncccn1. The number of aryl methyl sites for hydroxylation is 1. The van der Waals surface area contributed by atoms with Gasteiger partial charge in [-0.3, -0.25) is 0 Å². The fourth-order valence-electron chi connectivity index (χ4n) is 3.26. The molecule has 0 bridgehead atoms. The number of amides is 2. The van der Waals surface area contributed by atoms with Gasteiger partial charge in [-0.25, -0.2) is 14.8 Å². The summed E-state index contributed by atoms with van der Waals surface area (Å²) in [6.45, 7) is 7.38. The van der Waals surface area contributed by atoms with Gasteiger partial charge in [-0.15, -0.1) is 0 Å². The highest BCUT2D eigenvalue weighted by molar-refractivity contribution is 5.74. The molecule has 0 aliphatic heterocycles. The average molecular weight is 343 g/mol. The summed E-state index contributed by atoms with van der Waals surface area (Å²) in [6.07, 6.45) is 5.13. The Morgan fingerprint density at radius 3 is 2.84 bits per heavy atom. The fourth-order valence-corrected chi connectivity index (χ4v) is 3.26. The van der Waals surface area contributed by atoms with Gasteiger partial charge in [0, 0.05) is 37.5 Å². The number of nitrogens with one attached hydrogen (secondary N) is 3. The molecule has 2 heterocycles. The van der Waals surface area contributed by atoms with E-state index in [4.69, 9.17) is 4.42 Å². The van der Waals surface area contributed by atoms with E-state index in [0.29, 0.717) is 19.0 Å². The number of nitrogens with zero attached hydrogens (tertiary/aromatic N) is 2. The van der Waals surface area contributed by atoms with Crippen LogP contribution in [0.4, 0.5) is 10.7 Å². The molecule has 1 atom stereocenters. The Kier molecular flexibility index (Phi) is 4.92. The average Bonchev–Trinajstić information content (AvgIpc) is 2.91. The van der Waals surface area contributed by atoms with Gasteiger partial charge in [-0.05, 0) is 30.9 Å². The second-order valence-corrected chi connectivity index (χ2v) is 7.23. The van der Waals surface area contributed by atoms with Crippen molar-refractivity contribution in [2.24, 2.45) is 5.41 Å². The third-order valence-electron chi connectivity index (χ3n) is 4.30. The summed E-state index contributed by atoms with van der Waals surface area (Å²) in [5.41, 5.74) is 1.20. The second-order valence-electron chi connectivity index (χ2n) is 7.23. The summed E-state index contributed by atoms with van der Waals surface area (Å²) in [6, 6.07) is 3.59. The number of hydrogen-bond donors (Lipinski definition) is 3. The number of hydrogen-bond acceptors (Lipinski definition) is 5. The van der Waals surface area contributed by atoms with Gasteiger partial charge >= 0.3 is 6.03 Å². The molecule has 1 aliphatic rings. The molecule has 3 N–H and O–H groups in total. The van der Waals surface area contributed by atoms with Crippen LogP contribution in [0.25, 0.3) is 0 Å². The molecule has 25 heavy (non-hydrogen) atoms. The second kappa shape index (κ2) is 7.13. The normalized spacial score (nSPS) is 18.3. The lowest BCUT2D eigenvalue weighted by Crippen LogP contribution is -2.42. The molecule has 2 aromatic rings. The Labute approximate surface area is 147 Å². The highest BCUT2D eigenvalue weighted by atomic mass is 16.3. The van der Waals surface area contributed by atoms with Gasteiger partial charge in [-0.2, -0.15) is 0 Å². The van der Waals surface area contributed by atoms with E-state index in [1.54, 1.807) is 18.5 Å². The van der Waals surface area contributed by atoms with Crippen molar-refractivity contribution < 1.29 is 9.21 Å². The molecule has 1 aliphatic carbocycles. The Morgan fingerprint density at radius 1 is 1.32 bits per heavy atom. The molecule has 3 rings (SSSR count). The van der Waals surface area contributed by atoms with Gasteiger partial charge < -0.3 is 20.4 Å². The summed E-state index contributed by atoms with van der Waals surface area (Å²) >= 11 is 0. The predicted molar refractivity (Wildman–Crippen MR) is 95.3 cm³/mol. The first kappa shape index (κ1) is 17.3. The highest BCUT2D eigenvalue weighted by Crippen LogP contribution is 2.41. The minimum atomic E-state index is -0.178. The summed E-state index contributed by atoms with van der Waals surface area (Å²) < 4.78 is 5.81. The Balaban J connectivity index is 1.50. The number of aromatic nitrogens is 2. The molecule has 0 aromatic carbocycles. The molecule has 2 aromatic heterocycles. The lowest BCUT2D eigenvalue weighted by molar-refractivity contribution is 0.215. The molecule has 0 spiro atoms. The number of carbonyl (C=O) groups is 1. The van der Waals surface area contributed by atoms with Crippen molar-refractivity contribution in [3.63, 3.8) is 0 Å². The van der Waals surface area contributed by atoms with E-state index >= 15 is 0 Å². The largest absolute Gasteiger partial charge is 0.466 e. The van der Waals surface area contributed by atoms with Crippen LogP contribution >= 0.6 is 0 Å². The maximum absolute atomic E-state index is 12.2. The Bertz CT molecular complexity index is 726. The minimum Gasteiger partial charge on any atom is -0.466 e. The predicted octanol–water partition coefficient (Wildman–Crippen LogP) is 2.80. The van der Waals surface area contributed by atoms with Crippen molar-refractivity contribution in [3.8, 4) is 0 Å². The van der Waals surface area contributed by atoms with Crippen molar-refractivity contribution in [2.75, 3.05) is 18.4 Å². The smallest absolute Gasteiger partial charge is 0.315 e. The van der Waals surface area contributed by atoms with Gasteiger partial charge in [0.25, 0.3) is 0 Å². The van der Waals surface area contributed by atoms with E-state index in [2.05, 4.69) is 39.8 Å². The molecule has 2 amide bonds. The highest BCUT2D eigenvalue weighted by Gasteiger charge is 2.35. The molecule has 7 heteroatoms. The van der Waals surface area contributed by atoms with E-state index in [9.17, 15) is 4.79 Å². The first-order chi connectivity index (χ1) is 11.9. The third kappa shape index (κ3) is 4.49. The lowest BCUT2D eigenvalue weighted by Gasteiger charge is -2.34. The van der Waals surface area contributed by atoms with Crippen LogP contribution in [0, 0.1) is 12.3 Å². The van der Waals surface area contributed by atoms with Crippen LogP contribution in [0.5, 0.6) is 0 Å². The molecule has 0 saturated carbocycles. The minimum absolute atomic E-state index is 0.0263. The fraction of sp³-hybridized carbons (Fsp3) is 0.500. The molecule has 7 nitrogen and oxygen atoms in total. The zero-order chi connectivity index (χ0) is 17.9. The quantitative estimate of drug-likeness (QED) is 0.726. The maximum Gasteiger partial charge on any atom is 0.315 e. The summed E-state index contributed by atoms with van der Waals surface area (Å²) in [7, 11) is 0. The molecule has 134 valence electrons. The maximum atomic E-state index is 12.2. The van der Waals surface area contributed by atoms with E-state index in [1.807, 2.05) is 13.0 Å². The Hall–Kier alpha value is -2.57. The van der Waals surface area contributed by atoms with Crippen LogP contribution in [-0.4, -0.2) is 29.1 Å². The van der Waals surface area contributed by atoms with Crippen LogP contribution in [0.2, 0.25) is 0 Å². The summed E-state index contributed by atoms with van der Waals surface area (Å²) in [5, 5.41) is 9.00. The monoisotopic (exact) mass is 343 g/mol. The van der Waals surface area contributed by atoms with Crippen LogP contribution in [-0.2, 0) is 6.42 Å². The van der Waals surface area contributed by atoms with Crippen molar-refractivity contribution in [1.82, 2.24) is 20.6 Å². The van der Waals surface area contributed by atoms with Crippen molar-refractivity contribution >= 4 is 12.0 Å². The number of fused-ring (bicyclic) bond motifs is 1. The molecule has 0 radical (unpaired) electrons. The number of furan rings is 1. The summed E-state index contributed by atoms with van der Waals surface area (Å²) in [4.78, 5) is 20.4. The van der Waals surface area contributed by atoms with E-state index < -0.39 is 0 Å². The molecular weight excluding hydrogens is 318 g/mol. The molecular formula is C18H25N5O2. The first-order valence-electron chi connectivity index (χ1n) is 8.57. The van der Waals surface area contributed by atoms with Gasteiger partial charge in [0.15, 0.2) is 0 Å². The van der Waals surface area contributed by atoms with Gasteiger partial charge in [0.05, 0.1) is 6.04 Å². The van der Waals surface area contributed by atoms with Gasteiger partial charge in [0.1, 0.15) is 11.5 Å². The molecule has 0 fully saturated rings. The van der Waals surface area contributed by atoms with E-state index in [-0.39, 0.29) is 17.5 Å². The lowest BCUT2D eigenvalue weighted by atomic mass is 9.75. The van der Waals surface area contributed by atoms with Crippen molar-refractivity contribution in [3.05, 3.63) is 41.6 Å². The standard InChI is InChI=1S/C18H25N5O2/c1-12-9-13-14(10-18(2,3)11-15(13)25-12)23-17(24)22-8-7-21-16-19-5-4-6-20-16/h4-6,9,14H,7-8,10-11H2,1-3H3,(H,19,20,21)(H2,22,23,24)/t14-/m0/s1. The van der Waals surface area contributed by atoms with Crippen LogP contribution < -0.4 is 16.0 Å². The topological polar surface area (TPSA) is 92.1 Å². The summed E-state index contributed by atoms with van der Waals surface area (Å²) in [5.74, 6) is 2.43. The van der Waals surface area contributed by atoms with Gasteiger partial charge in [-0.1, -0.05) is 13.8 Å².